The van der Waals surface area contributed by atoms with Gasteiger partial charge in [-0.25, -0.2) is 9.59 Å². The maximum atomic E-state index is 12.9. The molecular formula is C34H44N2O6. The summed E-state index contributed by atoms with van der Waals surface area (Å²) in [6, 6.07) is 26.9. The van der Waals surface area contributed by atoms with Crippen LogP contribution in [0.3, 0.4) is 0 Å². The zero-order chi connectivity index (χ0) is 30.6. The van der Waals surface area contributed by atoms with E-state index in [1.807, 2.05) is 126 Å². The fraction of sp³-hybridized carbons (Fsp3) is 0.412. The van der Waals surface area contributed by atoms with Crippen molar-refractivity contribution in [1.29, 1.82) is 0 Å². The first-order chi connectivity index (χ1) is 19.9. The predicted octanol–water partition coefficient (Wildman–Crippen LogP) is 7.32. The Kier molecular flexibility index (Phi) is 11.7. The van der Waals surface area contributed by atoms with E-state index in [-0.39, 0.29) is 13.2 Å². The van der Waals surface area contributed by atoms with Gasteiger partial charge in [-0.15, -0.1) is 0 Å². The van der Waals surface area contributed by atoms with Gasteiger partial charge in [0.25, 0.3) is 0 Å². The highest BCUT2D eigenvalue weighted by atomic mass is 16.6. The molecule has 0 atom stereocenters. The summed E-state index contributed by atoms with van der Waals surface area (Å²) >= 11 is 0. The number of carbonyl (C=O) groups excluding carboxylic acids is 2. The molecule has 0 bridgehead atoms. The number of benzene rings is 3. The number of ether oxygens (including phenoxy) is 4. The molecule has 0 aliphatic rings. The van der Waals surface area contributed by atoms with Gasteiger partial charge < -0.3 is 28.7 Å². The number of rotatable bonds is 12. The maximum absolute atomic E-state index is 12.9. The number of hydrogen-bond donors (Lipinski definition) is 0. The topological polar surface area (TPSA) is 77.5 Å². The number of para-hydroxylation sites is 2. The molecule has 0 aliphatic carbocycles. The third-order valence-electron chi connectivity index (χ3n) is 5.82. The molecule has 226 valence electrons. The average molecular weight is 577 g/mol. The molecule has 8 heteroatoms. The van der Waals surface area contributed by atoms with Gasteiger partial charge in [-0.3, -0.25) is 0 Å². The molecule has 3 rings (SSSR count). The van der Waals surface area contributed by atoms with Gasteiger partial charge in [-0.05, 0) is 64.8 Å². The Morgan fingerprint density at radius 3 is 1.21 bits per heavy atom. The van der Waals surface area contributed by atoms with Crippen LogP contribution in [0.15, 0.2) is 84.9 Å². The lowest BCUT2D eigenvalue weighted by atomic mass is 10.2. The summed E-state index contributed by atoms with van der Waals surface area (Å²) in [6.07, 6.45) is -0.805. The van der Waals surface area contributed by atoms with Crippen molar-refractivity contribution in [2.75, 3.05) is 26.3 Å². The Morgan fingerprint density at radius 2 is 0.881 bits per heavy atom. The van der Waals surface area contributed by atoms with Crippen LogP contribution >= 0.6 is 0 Å². The summed E-state index contributed by atoms with van der Waals surface area (Å²) < 4.78 is 23.4. The van der Waals surface area contributed by atoms with Crippen LogP contribution in [0.5, 0.6) is 11.5 Å². The number of nitrogens with zero attached hydrogens (tertiary/aromatic N) is 2. The summed E-state index contributed by atoms with van der Waals surface area (Å²) in [7, 11) is 0. The molecule has 0 saturated carbocycles. The van der Waals surface area contributed by atoms with Crippen molar-refractivity contribution in [1.82, 2.24) is 9.80 Å². The molecule has 3 aromatic rings. The summed E-state index contributed by atoms with van der Waals surface area (Å²) in [5, 5.41) is 0. The molecule has 3 aromatic carbocycles. The Hall–Kier alpha value is -4.20. The van der Waals surface area contributed by atoms with Gasteiger partial charge in [0.1, 0.15) is 24.4 Å². The summed E-state index contributed by atoms with van der Waals surface area (Å²) in [6.45, 7) is 13.0. The van der Waals surface area contributed by atoms with Crippen molar-refractivity contribution in [2.24, 2.45) is 0 Å². The van der Waals surface area contributed by atoms with Gasteiger partial charge in [-0.2, -0.15) is 0 Å². The van der Waals surface area contributed by atoms with Crippen LogP contribution in [0, 0.1) is 0 Å². The van der Waals surface area contributed by atoms with Crippen LogP contribution in [0.2, 0.25) is 0 Å². The largest absolute Gasteiger partial charge is 0.488 e. The average Bonchev–Trinajstić information content (AvgIpc) is 2.92. The first-order valence-electron chi connectivity index (χ1n) is 14.3. The molecule has 0 aliphatic heterocycles. The maximum Gasteiger partial charge on any atom is 0.410 e. The second kappa shape index (κ2) is 15.1. The minimum absolute atomic E-state index is 0.241. The van der Waals surface area contributed by atoms with Gasteiger partial charge in [0.15, 0.2) is 11.5 Å². The third-order valence-corrected chi connectivity index (χ3v) is 5.82. The van der Waals surface area contributed by atoms with Gasteiger partial charge in [-0.1, -0.05) is 72.8 Å². The third kappa shape index (κ3) is 11.7. The van der Waals surface area contributed by atoms with Crippen molar-refractivity contribution >= 4 is 12.2 Å². The zero-order valence-corrected chi connectivity index (χ0v) is 25.7. The van der Waals surface area contributed by atoms with E-state index in [1.165, 1.54) is 0 Å². The lowest BCUT2D eigenvalue weighted by molar-refractivity contribution is 0.0193. The molecular weight excluding hydrogens is 532 g/mol. The smallest absolute Gasteiger partial charge is 0.410 e. The van der Waals surface area contributed by atoms with Crippen molar-refractivity contribution in [3.05, 3.63) is 96.1 Å². The first-order valence-corrected chi connectivity index (χ1v) is 14.3. The van der Waals surface area contributed by atoms with Crippen LogP contribution in [0.25, 0.3) is 0 Å². The Labute approximate surface area is 250 Å². The number of carbonyl (C=O) groups is 2. The predicted molar refractivity (Wildman–Crippen MR) is 164 cm³/mol. The second-order valence-electron chi connectivity index (χ2n) is 11.9. The minimum Gasteiger partial charge on any atom is -0.488 e. The lowest BCUT2D eigenvalue weighted by Gasteiger charge is -2.28. The van der Waals surface area contributed by atoms with Crippen molar-refractivity contribution in [3.8, 4) is 11.5 Å². The number of hydrogen-bond acceptors (Lipinski definition) is 6. The molecule has 8 nitrogen and oxygen atoms in total. The molecule has 2 amide bonds. The van der Waals surface area contributed by atoms with E-state index in [0.717, 1.165) is 11.1 Å². The standard InChI is InChI=1S/C34H44N2O6/c1-33(2,3)41-31(37)35(25-27-15-9-7-10-16-27)21-23-39-29-19-13-14-20-30(29)40-24-22-36(32(38)42-34(4,5)6)26-28-17-11-8-12-18-28/h7-20H,21-26H2,1-6H3. The highest BCUT2D eigenvalue weighted by molar-refractivity contribution is 5.68. The minimum atomic E-state index is -0.610. The normalized spacial score (nSPS) is 11.4. The molecule has 0 fully saturated rings. The van der Waals surface area contributed by atoms with Crippen LogP contribution < -0.4 is 9.47 Å². The van der Waals surface area contributed by atoms with E-state index in [1.54, 1.807) is 9.80 Å². The summed E-state index contributed by atoms with van der Waals surface area (Å²) in [5.41, 5.74) is 0.774. The highest BCUT2D eigenvalue weighted by Gasteiger charge is 2.24. The fourth-order valence-electron chi connectivity index (χ4n) is 3.95. The van der Waals surface area contributed by atoms with Gasteiger partial charge in [0.05, 0.1) is 13.1 Å². The van der Waals surface area contributed by atoms with Crippen molar-refractivity contribution < 1.29 is 28.5 Å². The van der Waals surface area contributed by atoms with E-state index in [4.69, 9.17) is 18.9 Å². The van der Waals surface area contributed by atoms with E-state index in [9.17, 15) is 9.59 Å². The lowest BCUT2D eigenvalue weighted by Crippen LogP contribution is -2.39. The molecule has 0 unspecified atom stereocenters. The fourth-order valence-corrected chi connectivity index (χ4v) is 3.95. The van der Waals surface area contributed by atoms with Crippen LogP contribution in [-0.2, 0) is 22.6 Å². The van der Waals surface area contributed by atoms with Gasteiger partial charge in [0.2, 0.25) is 0 Å². The van der Waals surface area contributed by atoms with Gasteiger partial charge in [0, 0.05) is 13.1 Å². The van der Waals surface area contributed by atoms with E-state index >= 15 is 0 Å². The first kappa shape index (κ1) is 32.3. The van der Waals surface area contributed by atoms with Crippen LogP contribution in [0.1, 0.15) is 52.7 Å². The summed E-state index contributed by atoms with van der Waals surface area (Å²) in [5.74, 6) is 1.10. The molecule has 0 aromatic heterocycles. The van der Waals surface area contributed by atoms with Crippen LogP contribution in [-0.4, -0.2) is 59.5 Å². The zero-order valence-electron chi connectivity index (χ0n) is 25.7. The molecule has 0 spiro atoms. The van der Waals surface area contributed by atoms with E-state index < -0.39 is 23.4 Å². The quantitative estimate of drug-likeness (QED) is 0.225. The number of amides is 2. The van der Waals surface area contributed by atoms with E-state index in [0.29, 0.717) is 37.7 Å². The van der Waals surface area contributed by atoms with E-state index in [2.05, 4.69) is 0 Å². The SMILES string of the molecule is CC(C)(C)OC(=O)N(CCOc1ccccc1OCCN(Cc1ccccc1)C(=O)OC(C)(C)C)Cc1ccccc1. The molecule has 0 N–H and O–H groups in total. The Morgan fingerprint density at radius 1 is 0.548 bits per heavy atom. The highest BCUT2D eigenvalue weighted by Crippen LogP contribution is 2.27. The molecule has 0 heterocycles. The Balaban J connectivity index is 1.62. The molecule has 0 saturated heterocycles. The monoisotopic (exact) mass is 576 g/mol. The van der Waals surface area contributed by atoms with Crippen molar-refractivity contribution in [3.63, 3.8) is 0 Å². The van der Waals surface area contributed by atoms with Crippen LogP contribution in [0.4, 0.5) is 9.59 Å². The molecule has 0 radical (unpaired) electrons. The second-order valence-corrected chi connectivity index (χ2v) is 11.9. The Bertz CT molecular complexity index is 1150. The molecule has 42 heavy (non-hydrogen) atoms. The van der Waals surface area contributed by atoms with Crippen molar-refractivity contribution in [2.45, 2.75) is 65.8 Å². The summed E-state index contributed by atoms with van der Waals surface area (Å²) in [4.78, 5) is 29.1. The van der Waals surface area contributed by atoms with Gasteiger partial charge >= 0.3 is 12.2 Å².